The summed E-state index contributed by atoms with van der Waals surface area (Å²) in [5.74, 6) is 0. The van der Waals surface area contributed by atoms with E-state index in [2.05, 4.69) is 22.1 Å². The number of carbonyl (C=O) groups is 2. The van der Waals surface area contributed by atoms with Crippen LogP contribution in [0.3, 0.4) is 0 Å². The van der Waals surface area contributed by atoms with E-state index in [-0.39, 0.29) is 5.41 Å². The van der Waals surface area contributed by atoms with Crippen molar-refractivity contribution in [3.63, 3.8) is 0 Å². The van der Waals surface area contributed by atoms with E-state index in [1.807, 2.05) is 28.5 Å². The van der Waals surface area contributed by atoms with Crippen molar-refractivity contribution in [3.8, 4) is 11.3 Å². The molecule has 9 heteroatoms. The molecule has 2 aliphatic heterocycles. The number of carbonyl (C=O) groups excluding carboxylic acids is 1. The highest BCUT2D eigenvalue weighted by Crippen LogP contribution is 2.43. The van der Waals surface area contributed by atoms with Crippen LogP contribution in [0.1, 0.15) is 18.5 Å². The average molecular weight is 366 g/mol. The molecule has 3 N–H and O–H groups in total. The fourth-order valence-corrected chi connectivity index (χ4v) is 4.31. The molecule has 2 aliphatic rings. The molecule has 5 rings (SSSR count). The number of fused-ring (bicyclic) bond motifs is 3. The lowest BCUT2D eigenvalue weighted by atomic mass is 9.82. The van der Waals surface area contributed by atoms with E-state index >= 15 is 0 Å². The second-order valence-corrected chi connectivity index (χ2v) is 7.21. The Kier molecular flexibility index (Phi) is 3.27. The number of nitrogens with one attached hydrogen (secondary N) is 2. The number of imide groups is 1. The van der Waals surface area contributed by atoms with Crippen LogP contribution in [0.2, 0.25) is 0 Å². The molecule has 138 valence electrons. The Morgan fingerprint density at radius 1 is 1.26 bits per heavy atom. The number of nitrogens with zero attached hydrogens (tertiary/aromatic N) is 4. The van der Waals surface area contributed by atoms with Crippen LogP contribution in [-0.4, -0.2) is 55.0 Å². The Morgan fingerprint density at radius 2 is 2.11 bits per heavy atom. The van der Waals surface area contributed by atoms with Gasteiger partial charge < -0.3 is 15.0 Å². The number of carboxylic acid groups (broad SMARTS) is 1. The summed E-state index contributed by atoms with van der Waals surface area (Å²) in [7, 11) is 0. The van der Waals surface area contributed by atoms with Crippen LogP contribution < -0.4 is 5.32 Å². The number of likely N-dealkylation sites (tertiary alicyclic amines) is 1. The van der Waals surface area contributed by atoms with Gasteiger partial charge in [0.1, 0.15) is 5.65 Å². The van der Waals surface area contributed by atoms with Gasteiger partial charge in [-0.25, -0.2) is 19.9 Å². The second-order valence-electron chi connectivity index (χ2n) is 7.21. The SMILES string of the molecule is O=C(O)NC(=O)N1CCC2(CCn3nc(-c4cnc5[nH]ccc5c4)cc32)C1. The largest absolute Gasteiger partial charge is 0.465 e. The van der Waals surface area contributed by atoms with Crippen LogP contribution in [0, 0.1) is 0 Å². The van der Waals surface area contributed by atoms with Crippen LogP contribution in [-0.2, 0) is 12.0 Å². The van der Waals surface area contributed by atoms with Crippen molar-refractivity contribution in [2.75, 3.05) is 13.1 Å². The highest BCUT2D eigenvalue weighted by Gasteiger charge is 2.47. The van der Waals surface area contributed by atoms with Gasteiger partial charge in [-0.1, -0.05) is 0 Å². The van der Waals surface area contributed by atoms with Crippen molar-refractivity contribution < 1.29 is 14.7 Å². The first-order valence-corrected chi connectivity index (χ1v) is 8.85. The van der Waals surface area contributed by atoms with Gasteiger partial charge in [0.15, 0.2) is 0 Å². The van der Waals surface area contributed by atoms with Gasteiger partial charge in [0.25, 0.3) is 0 Å². The molecule has 1 atom stereocenters. The molecule has 1 fully saturated rings. The first kappa shape index (κ1) is 15.9. The molecular formula is C18H18N6O3. The number of urea groups is 1. The maximum atomic E-state index is 12.0. The number of aromatic amines is 1. The summed E-state index contributed by atoms with van der Waals surface area (Å²) in [6.07, 6.45) is 4.05. The molecule has 27 heavy (non-hydrogen) atoms. The molecule has 0 saturated carbocycles. The Morgan fingerprint density at radius 3 is 2.96 bits per heavy atom. The number of pyridine rings is 1. The number of H-pyrrole nitrogens is 1. The zero-order valence-corrected chi connectivity index (χ0v) is 14.5. The topological polar surface area (TPSA) is 116 Å². The third-order valence-corrected chi connectivity index (χ3v) is 5.68. The van der Waals surface area contributed by atoms with Crippen LogP contribution in [0.5, 0.6) is 0 Å². The molecule has 0 aliphatic carbocycles. The Labute approximate surface area is 154 Å². The van der Waals surface area contributed by atoms with Crippen LogP contribution in [0.4, 0.5) is 9.59 Å². The van der Waals surface area contributed by atoms with Gasteiger partial charge in [-0.3, -0.25) is 4.68 Å². The lowest BCUT2D eigenvalue weighted by Gasteiger charge is -2.23. The van der Waals surface area contributed by atoms with E-state index in [9.17, 15) is 9.59 Å². The summed E-state index contributed by atoms with van der Waals surface area (Å²) >= 11 is 0. The van der Waals surface area contributed by atoms with E-state index in [4.69, 9.17) is 10.2 Å². The van der Waals surface area contributed by atoms with Crippen molar-refractivity contribution in [3.05, 3.63) is 36.3 Å². The monoisotopic (exact) mass is 366 g/mol. The number of aromatic nitrogens is 4. The van der Waals surface area contributed by atoms with Gasteiger partial charge in [0.05, 0.1) is 5.69 Å². The smallest absolute Gasteiger partial charge is 0.412 e. The van der Waals surface area contributed by atoms with E-state index in [0.29, 0.717) is 13.1 Å². The summed E-state index contributed by atoms with van der Waals surface area (Å²) < 4.78 is 2.01. The number of hydrogen-bond acceptors (Lipinski definition) is 4. The fraction of sp³-hybridized carbons (Fsp3) is 0.333. The predicted molar refractivity (Wildman–Crippen MR) is 96.4 cm³/mol. The molecule has 3 aromatic heterocycles. The Bertz CT molecular complexity index is 1070. The average Bonchev–Trinajstić information content (AvgIpc) is 3.39. The van der Waals surface area contributed by atoms with Crippen LogP contribution in [0.25, 0.3) is 22.3 Å². The van der Waals surface area contributed by atoms with Gasteiger partial charge in [-0.2, -0.15) is 5.10 Å². The lowest BCUT2D eigenvalue weighted by molar-refractivity contribution is 0.180. The molecule has 9 nitrogen and oxygen atoms in total. The number of aryl methyl sites for hydroxylation is 1. The standard InChI is InChI=1S/C18H18N6O3/c25-16(21-17(26)27)23-5-2-18(10-23)3-6-24-14(18)8-13(22-24)12-7-11-1-4-19-15(11)20-9-12/h1,4,7-9H,2-3,5-6,10H2,(H,19,20)(H,21,25)(H,26,27). The fourth-order valence-electron chi connectivity index (χ4n) is 4.31. The number of amides is 3. The Balaban J connectivity index is 1.44. The molecule has 0 radical (unpaired) electrons. The molecular weight excluding hydrogens is 348 g/mol. The molecule has 3 aromatic rings. The zero-order valence-electron chi connectivity index (χ0n) is 14.5. The molecule has 0 aromatic carbocycles. The normalized spacial score (nSPS) is 21.1. The van der Waals surface area contributed by atoms with Crippen molar-refractivity contribution in [1.82, 2.24) is 30.0 Å². The van der Waals surface area contributed by atoms with E-state index in [1.54, 1.807) is 4.90 Å². The van der Waals surface area contributed by atoms with Crippen molar-refractivity contribution >= 4 is 23.2 Å². The molecule has 1 saturated heterocycles. The van der Waals surface area contributed by atoms with E-state index in [0.717, 1.165) is 47.4 Å². The predicted octanol–water partition coefficient (Wildman–Crippen LogP) is 2.16. The number of rotatable bonds is 1. The van der Waals surface area contributed by atoms with Gasteiger partial charge >= 0.3 is 12.1 Å². The van der Waals surface area contributed by atoms with E-state index < -0.39 is 12.1 Å². The summed E-state index contributed by atoms with van der Waals surface area (Å²) in [4.78, 5) is 31.9. The zero-order chi connectivity index (χ0) is 18.6. The van der Waals surface area contributed by atoms with Crippen LogP contribution >= 0.6 is 0 Å². The van der Waals surface area contributed by atoms with Crippen molar-refractivity contribution in [2.45, 2.75) is 24.8 Å². The third kappa shape index (κ3) is 2.46. The minimum atomic E-state index is -1.33. The van der Waals surface area contributed by atoms with Crippen molar-refractivity contribution in [2.24, 2.45) is 0 Å². The van der Waals surface area contributed by atoms with Gasteiger partial charge in [0, 0.05) is 54.1 Å². The second kappa shape index (κ2) is 5.57. The highest BCUT2D eigenvalue weighted by molar-refractivity contribution is 5.90. The molecule has 1 unspecified atom stereocenters. The third-order valence-electron chi connectivity index (χ3n) is 5.68. The summed E-state index contributed by atoms with van der Waals surface area (Å²) in [5, 5.41) is 16.5. The number of hydrogen-bond donors (Lipinski definition) is 3. The minimum Gasteiger partial charge on any atom is -0.465 e. The minimum absolute atomic E-state index is 0.160. The first-order chi connectivity index (χ1) is 13.0. The first-order valence-electron chi connectivity index (χ1n) is 8.85. The lowest BCUT2D eigenvalue weighted by Crippen LogP contribution is -2.42. The highest BCUT2D eigenvalue weighted by atomic mass is 16.4. The van der Waals surface area contributed by atoms with Gasteiger partial charge in [-0.05, 0) is 31.0 Å². The summed E-state index contributed by atoms with van der Waals surface area (Å²) in [6.45, 7) is 1.84. The maximum Gasteiger partial charge on any atom is 0.412 e. The molecule has 0 bridgehead atoms. The molecule has 5 heterocycles. The van der Waals surface area contributed by atoms with Crippen molar-refractivity contribution in [1.29, 1.82) is 0 Å². The maximum absolute atomic E-state index is 12.0. The van der Waals surface area contributed by atoms with Crippen LogP contribution in [0.15, 0.2) is 30.6 Å². The summed E-state index contributed by atoms with van der Waals surface area (Å²) in [6, 6.07) is 5.57. The van der Waals surface area contributed by atoms with E-state index in [1.165, 1.54) is 0 Å². The quantitative estimate of drug-likeness (QED) is 0.610. The molecule has 3 amide bonds. The summed E-state index contributed by atoms with van der Waals surface area (Å²) in [5.41, 5.74) is 3.62. The van der Waals surface area contributed by atoms with Gasteiger partial charge in [-0.15, -0.1) is 0 Å². The molecule has 1 spiro atoms. The Hall–Kier alpha value is -3.36. The van der Waals surface area contributed by atoms with Gasteiger partial charge in [0.2, 0.25) is 0 Å².